The third-order valence-electron chi connectivity index (χ3n) is 4.13. The van der Waals surface area contributed by atoms with Gasteiger partial charge in [0.1, 0.15) is 6.10 Å². The van der Waals surface area contributed by atoms with Crippen molar-refractivity contribution in [2.24, 2.45) is 5.41 Å². The summed E-state index contributed by atoms with van der Waals surface area (Å²) in [7, 11) is 0. The Hall–Kier alpha value is -0.610. The first-order chi connectivity index (χ1) is 7.60. The van der Waals surface area contributed by atoms with Gasteiger partial charge in [0.15, 0.2) is 0 Å². The van der Waals surface area contributed by atoms with Crippen molar-refractivity contribution in [3.05, 3.63) is 0 Å². The van der Waals surface area contributed by atoms with E-state index in [1.54, 1.807) is 0 Å². The smallest absolute Gasteiger partial charge is 0.248 e. The Morgan fingerprint density at radius 1 is 1.62 bits per heavy atom. The predicted octanol–water partition coefficient (Wildman–Crippen LogP) is 0.831. The Labute approximate surface area is 96.4 Å². The lowest BCUT2D eigenvalue weighted by molar-refractivity contribution is -0.177. The summed E-state index contributed by atoms with van der Waals surface area (Å²) >= 11 is 0. The van der Waals surface area contributed by atoms with E-state index in [1.807, 2.05) is 6.92 Å². The van der Waals surface area contributed by atoms with Gasteiger partial charge in [-0.2, -0.15) is 0 Å². The van der Waals surface area contributed by atoms with Gasteiger partial charge >= 0.3 is 0 Å². The Balaban J connectivity index is 1.91. The highest BCUT2D eigenvalue weighted by Crippen LogP contribution is 2.57. The largest absolute Gasteiger partial charge is 0.384 e. The maximum absolute atomic E-state index is 11.4. The number of hydrogen-bond acceptors (Lipinski definition) is 3. The van der Waals surface area contributed by atoms with Crippen molar-refractivity contribution in [3.8, 4) is 0 Å². The van der Waals surface area contributed by atoms with E-state index in [0.29, 0.717) is 6.10 Å². The van der Waals surface area contributed by atoms with Crippen LogP contribution in [0.2, 0.25) is 0 Å². The molecule has 4 heteroatoms. The Morgan fingerprint density at radius 2 is 2.31 bits per heavy atom. The van der Waals surface area contributed by atoms with Crippen LogP contribution < -0.4 is 5.32 Å². The van der Waals surface area contributed by atoms with Crippen molar-refractivity contribution >= 4 is 5.91 Å². The molecule has 3 atom stereocenters. The molecule has 1 spiro atoms. The van der Waals surface area contributed by atoms with Gasteiger partial charge in [-0.15, -0.1) is 0 Å². The van der Waals surface area contributed by atoms with Crippen molar-refractivity contribution in [1.82, 2.24) is 5.32 Å². The minimum Gasteiger partial charge on any atom is -0.384 e. The van der Waals surface area contributed by atoms with Gasteiger partial charge in [0, 0.05) is 18.1 Å². The highest BCUT2D eigenvalue weighted by molar-refractivity contribution is 5.80. The summed E-state index contributed by atoms with van der Waals surface area (Å²) in [6, 6.07) is 0.208. The molecule has 0 aromatic carbocycles. The monoisotopic (exact) mass is 227 g/mol. The van der Waals surface area contributed by atoms with Crippen molar-refractivity contribution < 1.29 is 14.6 Å². The molecule has 0 heterocycles. The molecule has 0 aromatic rings. The molecular weight excluding hydrogens is 206 g/mol. The van der Waals surface area contributed by atoms with E-state index < -0.39 is 6.10 Å². The van der Waals surface area contributed by atoms with Crippen LogP contribution in [-0.4, -0.2) is 35.9 Å². The molecule has 3 unspecified atom stereocenters. The molecule has 2 rings (SSSR count). The zero-order valence-corrected chi connectivity index (χ0v) is 10.0. The first kappa shape index (κ1) is 11.9. The van der Waals surface area contributed by atoms with Crippen LogP contribution in [0.3, 0.4) is 0 Å². The van der Waals surface area contributed by atoms with Gasteiger partial charge in [0.25, 0.3) is 0 Å². The minimum absolute atomic E-state index is 0.181. The van der Waals surface area contributed by atoms with Crippen LogP contribution in [0.15, 0.2) is 0 Å². The van der Waals surface area contributed by atoms with Gasteiger partial charge in [-0.05, 0) is 33.1 Å². The summed E-state index contributed by atoms with van der Waals surface area (Å²) in [5, 5.41) is 12.1. The van der Waals surface area contributed by atoms with Crippen molar-refractivity contribution in [3.63, 3.8) is 0 Å². The number of hydrogen-bond donors (Lipinski definition) is 2. The maximum atomic E-state index is 11.4. The third-order valence-corrected chi connectivity index (χ3v) is 4.13. The maximum Gasteiger partial charge on any atom is 0.248 e. The van der Waals surface area contributed by atoms with E-state index in [1.165, 1.54) is 13.3 Å². The highest BCUT2D eigenvalue weighted by atomic mass is 16.5. The number of amides is 1. The van der Waals surface area contributed by atoms with Gasteiger partial charge in [0.05, 0.1) is 6.10 Å². The topological polar surface area (TPSA) is 58.6 Å². The number of rotatable bonds is 4. The fourth-order valence-electron chi connectivity index (χ4n) is 2.93. The van der Waals surface area contributed by atoms with Gasteiger partial charge in [-0.25, -0.2) is 0 Å². The molecule has 2 aliphatic rings. The number of aliphatic hydroxyl groups excluding tert-OH is 1. The molecule has 0 radical (unpaired) electrons. The molecule has 0 aliphatic heterocycles. The average molecular weight is 227 g/mol. The molecule has 16 heavy (non-hydrogen) atoms. The Kier molecular flexibility index (Phi) is 3.22. The summed E-state index contributed by atoms with van der Waals surface area (Å²) in [6.45, 7) is 4.25. The molecule has 2 N–H and O–H groups in total. The zero-order valence-electron chi connectivity index (χ0n) is 10.0. The van der Waals surface area contributed by atoms with Crippen molar-refractivity contribution in [2.45, 2.75) is 57.8 Å². The normalized spacial score (nSPS) is 32.7. The van der Waals surface area contributed by atoms with E-state index in [-0.39, 0.29) is 17.4 Å². The summed E-state index contributed by atoms with van der Waals surface area (Å²) in [5.74, 6) is -0.258. The van der Waals surface area contributed by atoms with Crippen LogP contribution in [-0.2, 0) is 9.53 Å². The molecular formula is C12H21NO3. The molecule has 92 valence electrons. The molecule has 0 saturated heterocycles. The lowest BCUT2D eigenvalue weighted by atomic mass is 9.51. The average Bonchev–Trinajstić information content (AvgIpc) is 2.12. The molecule has 0 bridgehead atoms. The van der Waals surface area contributed by atoms with E-state index >= 15 is 0 Å². The van der Waals surface area contributed by atoms with Crippen LogP contribution in [0.1, 0.15) is 39.5 Å². The molecule has 2 aliphatic carbocycles. The molecule has 0 aromatic heterocycles. The van der Waals surface area contributed by atoms with Gasteiger partial charge in [-0.1, -0.05) is 6.42 Å². The quantitative estimate of drug-likeness (QED) is 0.748. The van der Waals surface area contributed by atoms with Crippen LogP contribution in [0, 0.1) is 5.41 Å². The SMILES string of the molecule is CCOC1CC(NC(=O)C(C)O)C12CCC2. The van der Waals surface area contributed by atoms with E-state index in [0.717, 1.165) is 25.9 Å². The number of ether oxygens (including phenoxy) is 1. The van der Waals surface area contributed by atoms with E-state index in [9.17, 15) is 9.90 Å². The van der Waals surface area contributed by atoms with Crippen LogP contribution in [0.25, 0.3) is 0 Å². The predicted molar refractivity (Wildman–Crippen MR) is 59.9 cm³/mol. The lowest BCUT2D eigenvalue weighted by Gasteiger charge is -2.61. The second-order valence-electron chi connectivity index (χ2n) is 5.00. The summed E-state index contributed by atoms with van der Waals surface area (Å²) in [4.78, 5) is 11.4. The second kappa shape index (κ2) is 4.34. The second-order valence-corrected chi connectivity index (χ2v) is 5.00. The minimum atomic E-state index is -0.914. The van der Waals surface area contributed by atoms with E-state index in [2.05, 4.69) is 5.32 Å². The van der Waals surface area contributed by atoms with Crippen LogP contribution in [0.5, 0.6) is 0 Å². The number of aliphatic hydroxyl groups is 1. The standard InChI is InChI=1S/C12H21NO3/c1-3-16-10-7-9(12(10)5-4-6-12)13-11(15)8(2)14/h8-10,14H,3-7H2,1-2H3,(H,13,15). The lowest BCUT2D eigenvalue weighted by Crippen LogP contribution is -2.68. The summed E-state index contributed by atoms with van der Waals surface area (Å²) < 4.78 is 5.69. The number of carbonyl (C=O) groups excluding carboxylic acids is 1. The van der Waals surface area contributed by atoms with Gasteiger partial charge in [0.2, 0.25) is 5.91 Å². The van der Waals surface area contributed by atoms with Crippen LogP contribution in [0.4, 0.5) is 0 Å². The summed E-state index contributed by atoms with van der Waals surface area (Å²) in [5.41, 5.74) is 0.181. The molecule has 4 nitrogen and oxygen atoms in total. The van der Waals surface area contributed by atoms with Crippen molar-refractivity contribution in [2.75, 3.05) is 6.61 Å². The zero-order chi connectivity index (χ0) is 11.8. The van der Waals surface area contributed by atoms with Crippen LogP contribution >= 0.6 is 0 Å². The number of carbonyl (C=O) groups is 1. The fraction of sp³-hybridized carbons (Fsp3) is 0.917. The first-order valence-electron chi connectivity index (χ1n) is 6.20. The van der Waals surface area contributed by atoms with E-state index in [4.69, 9.17) is 4.74 Å². The highest BCUT2D eigenvalue weighted by Gasteiger charge is 2.59. The third kappa shape index (κ3) is 1.74. The molecule has 2 saturated carbocycles. The summed E-state index contributed by atoms with van der Waals surface area (Å²) in [6.07, 6.45) is 3.80. The van der Waals surface area contributed by atoms with Gasteiger partial charge < -0.3 is 15.2 Å². The fourth-order valence-corrected chi connectivity index (χ4v) is 2.93. The first-order valence-corrected chi connectivity index (χ1v) is 6.20. The molecule has 2 fully saturated rings. The van der Waals surface area contributed by atoms with Gasteiger partial charge in [-0.3, -0.25) is 4.79 Å². The Morgan fingerprint density at radius 3 is 2.75 bits per heavy atom. The Bertz CT molecular complexity index is 273. The molecule has 1 amide bonds. The number of nitrogens with one attached hydrogen (secondary N) is 1. The van der Waals surface area contributed by atoms with Crippen molar-refractivity contribution in [1.29, 1.82) is 0 Å².